The summed E-state index contributed by atoms with van der Waals surface area (Å²) in [6.07, 6.45) is 15.2. The average Bonchev–Trinajstić information content (AvgIpc) is 2.93. The van der Waals surface area contributed by atoms with E-state index in [1.807, 2.05) is 0 Å². The zero-order valence-electron chi connectivity index (χ0n) is 12.5. The number of nitrogens with zero attached hydrogens (tertiary/aromatic N) is 1. The molecule has 2 saturated heterocycles. The maximum atomic E-state index is 3.95. The molecule has 0 amide bonds. The third-order valence-corrected chi connectivity index (χ3v) is 7.15. The molecule has 2 aliphatic heterocycles. The van der Waals surface area contributed by atoms with Gasteiger partial charge in [-0.3, -0.25) is 0 Å². The predicted octanol–water partition coefficient (Wildman–Crippen LogP) is 3.27. The second kappa shape index (κ2) is 6.36. The van der Waals surface area contributed by atoms with Crippen molar-refractivity contribution in [3.8, 4) is 0 Å². The van der Waals surface area contributed by atoms with Crippen LogP contribution in [0.1, 0.15) is 57.8 Å². The Labute approximate surface area is 123 Å². The number of hydrogen-bond acceptors (Lipinski definition) is 3. The second-order valence-electron chi connectivity index (χ2n) is 6.88. The lowest BCUT2D eigenvalue weighted by molar-refractivity contribution is 0.164. The molecule has 0 bridgehead atoms. The van der Waals surface area contributed by atoms with Gasteiger partial charge in [0.2, 0.25) is 0 Å². The molecule has 2 heterocycles. The minimum absolute atomic E-state index is 0.561. The quantitative estimate of drug-likeness (QED) is 0.852. The van der Waals surface area contributed by atoms with Crippen molar-refractivity contribution < 1.29 is 0 Å². The van der Waals surface area contributed by atoms with E-state index in [1.165, 1.54) is 77.4 Å². The standard InChI is InChI=1S/C16H30N2S/c1-19-16(8-3-2-4-9-16)13-17-14-7-11-18-10-5-6-15(18)12-14/h14-15,17H,2-13H2,1H3. The summed E-state index contributed by atoms with van der Waals surface area (Å²) in [6.45, 7) is 3.96. The Morgan fingerprint density at radius 3 is 2.74 bits per heavy atom. The fraction of sp³-hybridized carbons (Fsp3) is 1.00. The Morgan fingerprint density at radius 1 is 1.11 bits per heavy atom. The van der Waals surface area contributed by atoms with Crippen LogP contribution in [0.15, 0.2) is 0 Å². The number of rotatable bonds is 4. The number of nitrogens with one attached hydrogen (secondary N) is 1. The third-order valence-electron chi connectivity index (χ3n) is 5.73. The predicted molar refractivity (Wildman–Crippen MR) is 85.0 cm³/mol. The number of fused-ring (bicyclic) bond motifs is 1. The largest absolute Gasteiger partial charge is 0.312 e. The van der Waals surface area contributed by atoms with Crippen molar-refractivity contribution in [3.05, 3.63) is 0 Å². The van der Waals surface area contributed by atoms with Crippen molar-refractivity contribution in [1.82, 2.24) is 10.2 Å². The zero-order valence-corrected chi connectivity index (χ0v) is 13.3. The maximum Gasteiger partial charge on any atom is 0.0281 e. The van der Waals surface area contributed by atoms with Gasteiger partial charge in [-0.05, 0) is 57.9 Å². The summed E-state index contributed by atoms with van der Waals surface area (Å²) in [6, 6.07) is 1.70. The van der Waals surface area contributed by atoms with E-state index >= 15 is 0 Å². The summed E-state index contributed by atoms with van der Waals surface area (Å²) in [7, 11) is 0. The van der Waals surface area contributed by atoms with Crippen molar-refractivity contribution in [2.45, 2.75) is 74.6 Å². The molecule has 3 fully saturated rings. The minimum atomic E-state index is 0.561. The Hall–Kier alpha value is 0.270. The molecule has 2 atom stereocenters. The van der Waals surface area contributed by atoms with Gasteiger partial charge in [0.1, 0.15) is 0 Å². The van der Waals surface area contributed by atoms with Gasteiger partial charge in [0.05, 0.1) is 0 Å². The van der Waals surface area contributed by atoms with Gasteiger partial charge >= 0.3 is 0 Å². The molecule has 0 aromatic heterocycles. The molecule has 3 heteroatoms. The van der Waals surface area contributed by atoms with Crippen LogP contribution in [-0.4, -0.2) is 47.6 Å². The molecule has 2 nitrogen and oxygen atoms in total. The summed E-state index contributed by atoms with van der Waals surface area (Å²) in [4.78, 5) is 2.73. The molecule has 0 aromatic carbocycles. The summed E-state index contributed by atoms with van der Waals surface area (Å²) >= 11 is 2.13. The van der Waals surface area contributed by atoms with Crippen LogP contribution in [0.3, 0.4) is 0 Å². The molecule has 19 heavy (non-hydrogen) atoms. The molecular formula is C16H30N2S. The molecule has 2 unspecified atom stereocenters. The zero-order chi connectivity index (χ0) is 13.1. The van der Waals surface area contributed by atoms with E-state index in [0.717, 1.165) is 12.1 Å². The Kier molecular flexibility index (Phi) is 4.76. The fourth-order valence-corrected chi connectivity index (χ4v) is 5.31. The Bertz CT molecular complexity index is 288. The highest BCUT2D eigenvalue weighted by atomic mass is 32.2. The van der Waals surface area contributed by atoms with E-state index in [-0.39, 0.29) is 0 Å². The number of thioether (sulfide) groups is 1. The smallest absolute Gasteiger partial charge is 0.0281 e. The van der Waals surface area contributed by atoms with Gasteiger partial charge in [0.15, 0.2) is 0 Å². The number of hydrogen-bond donors (Lipinski definition) is 1. The van der Waals surface area contributed by atoms with Crippen LogP contribution < -0.4 is 5.32 Å². The first-order chi connectivity index (χ1) is 9.31. The Morgan fingerprint density at radius 2 is 1.95 bits per heavy atom. The van der Waals surface area contributed by atoms with Crippen molar-refractivity contribution >= 4 is 11.8 Å². The first-order valence-corrected chi connectivity index (χ1v) is 9.56. The first kappa shape index (κ1) is 14.2. The summed E-state index contributed by atoms with van der Waals surface area (Å²) in [5.74, 6) is 0. The van der Waals surface area contributed by atoms with Gasteiger partial charge in [-0.25, -0.2) is 0 Å². The van der Waals surface area contributed by atoms with Gasteiger partial charge < -0.3 is 10.2 Å². The van der Waals surface area contributed by atoms with Crippen molar-refractivity contribution in [2.75, 3.05) is 25.9 Å². The van der Waals surface area contributed by atoms with Crippen molar-refractivity contribution in [3.63, 3.8) is 0 Å². The second-order valence-corrected chi connectivity index (χ2v) is 8.16. The normalized spacial score (nSPS) is 35.2. The molecule has 0 spiro atoms. The fourth-order valence-electron chi connectivity index (χ4n) is 4.39. The Balaban J connectivity index is 1.48. The van der Waals surface area contributed by atoms with Crippen LogP contribution >= 0.6 is 11.8 Å². The molecule has 3 rings (SSSR count). The molecular weight excluding hydrogens is 252 g/mol. The number of piperidine rings is 1. The lowest BCUT2D eigenvalue weighted by Crippen LogP contribution is -2.49. The van der Waals surface area contributed by atoms with E-state index in [9.17, 15) is 0 Å². The van der Waals surface area contributed by atoms with Crippen LogP contribution in [0.4, 0.5) is 0 Å². The summed E-state index contributed by atoms with van der Waals surface area (Å²) in [5, 5.41) is 3.95. The molecule has 3 aliphatic rings. The summed E-state index contributed by atoms with van der Waals surface area (Å²) in [5.41, 5.74) is 0. The highest BCUT2D eigenvalue weighted by molar-refractivity contribution is 8.00. The lowest BCUT2D eigenvalue weighted by Gasteiger charge is -2.40. The highest BCUT2D eigenvalue weighted by Crippen LogP contribution is 2.38. The van der Waals surface area contributed by atoms with Crippen LogP contribution in [0.25, 0.3) is 0 Å². The lowest BCUT2D eigenvalue weighted by atomic mass is 9.87. The van der Waals surface area contributed by atoms with E-state index in [4.69, 9.17) is 0 Å². The van der Waals surface area contributed by atoms with Crippen molar-refractivity contribution in [1.29, 1.82) is 0 Å². The van der Waals surface area contributed by atoms with E-state index in [1.54, 1.807) is 0 Å². The summed E-state index contributed by atoms with van der Waals surface area (Å²) < 4.78 is 0.561. The molecule has 0 radical (unpaired) electrons. The molecule has 1 N–H and O–H groups in total. The van der Waals surface area contributed by atoms with Crippen LogP contribution in [-0.2, 0) is 0 Å². The molecule has 0 aromatic rings. The molecule has 1 aliphatic carbocycles. The van der Waals surface area contributed by atoms with Crippen molar-refractivity contribution in [2.24, 2.45) is 0 Å². The molecule has 1 saturated carbocycles. The average molecular weight is 282 g/mol. The van der Waals surface area contributed by atoms with Gasteiger partial charge in [-0.2, -0.15) is 11.8 Å². The van der Waals surface area contributed by atoms with E-state index in [0.29, 0.717) is 4.75 Å². The minimum Gasteiger partial charge on any atom is -0.312 e. The van der Waals surface area contributed by atoms with Gasteiger partial charge in [0, 0.05) is 23.4 Å². The van der Waals surface area contributed by atoms with Gasteiger partial charge in [-0.15, -0.1) is 0 Å². The van der Waals surface area contributed by atoms with E-state index in [2.05, 4.69) is 28.2 Å². The van der Waals surface area contributed by atoms with Gasteiger partial charge in [-0.1, -0.05) is 19.3 Å². The maximum absolute atomic E-state index is 3.95. The highest BCUT2D eigenvalue weighted by Gasteiger charge is 2.34. The van der Waals surface area contributed by atoms with E-state index < -0.39 is 0 Å². The van der Waals surface area contributed by atoms with Crippen LogP contribution in [0, 0.1) is 0 Å². The topological polar surface area (TPSA) is 15.3 Å². The SMILES string of the molecule is CSC1(CNC2CCN3CCCC3C2)CCCCC1. The monoisotopic (exact) mass is 282 g/mol. The van der Waals surface area contributed by atoms with Crippen LogP contribution in [0.2, 0.25) is 0 Å². The van der Waals surface area contributed by atoms with Crippen LogP contribution in [0.5, 0.6) is 0 Å². The third kappa shape index (κ3) is 3.30. The van der Waals surface area contributed by atoms with Gasteiger partial charge in [0.25, 0.3) is 0 Å². The molecule has 110 valence electrons. The first-order valence-electron chi connectivity index (χ1n) is 8.34.